The van der Waals surface area contributed by atoms with Crippen LogP contribution in [0.2, 0.25) is 0 Å². The van der Waals surface area contributed by atoms with Crippen molar-refractivity contribution in [2.75, 3.05) is 6.54 Å². The van der Waals surface area contributed by atoms with E-state index in [1.165, 1.54) is 25.1 Å². The number of aromatic hydroxyl groups is 2. The van der Waals surface area contributed by atoms with E-state index in [1.807, 2.05) is 0 Å². The van der Waals surface area contributed by atoms with Gasteiger partial charge in [-0.1, -0.05) is 6.07 Å². The number of benzene rings is 1. The number of amides is 1. The number of carboxylic acids is 1. The number of hydrogen-bond donors (Lipinski definition) is 5. The standard InChI is InChI=1S/C12H15NO6/c1-12(19,5-9(16)17)6-13-11(18)10-7(14)3-2-4-8(10)15/h2-4,14-15,19H,5-6H2,1H3,(H,13,18)(H,16,17). The summed E-state index contributed by atoms with van der Waals surface area (Å²) in [4.78, 5) is 22.2. The molecule has 1 amide bonds. The fourth-order valence-electron chi connectivity index (χ4n) is 1.51. The molecule has 0 radical (unpaired) electrons. The average Bonchev–Trinajstić information content (AvgIpc) is 2.24. The Balaban J connectivity index is 2.73. The van der Waals surface area contributed by atoms with Gasteiger partial charge in [0.25, 0.3) is 5.91 Å². The Morgan fingerprint density at radius 1 is 1.26 bits per heavy atom. The molecule has 1 atom stereocenters. The van der Waals surface area contributed by atoms with Gasteiger partial charge < -0.3 is 25.7 Å². The van der Waals surface area contributed by atoms with E-state index in [4.69, 9.17) is 5.11 Å². The minimum absolute atomic E-state index is 0.325. The van der Waals surface area contributed by atoms with Crippen LogP contribution in [0.25, 0.3) is 0 Å². The summed E-state index contributed by atoms with van der Waals surface area (Å²) >= 11 is 0. The second-order valence-electron chi connectivity index (χ2n) is 4.42. The molecule has 7 heteroatoms. The zero-order valence-electron chi connectivity index (χ0n) is 10.3. The lowest BCUT2D eigenvalue weighted by Crippen LogP contribution is -2.42. The van der Waals surface area contributed by atoms with E-state index in [-0.39, 0.29) is 12.1 Å². The lowest BCUT2D eigenvalue weighted by Gasteiger charge is -2.21. The van der Waals surface area contributed by atoms with Crippen molar-refractivity contribution >= 4 is 11.9 Å². The first-order valence-electron chi connectivity index (χ1n) is 5.46. The van der Waals surface area contributed by atoms with E-state index < -0.39 is 35.4 Å². The minimum atomic E-state index is -1.62. The first-order chi connectivity index (χ1) is 8.73. The maximum Gasteiger partial charge on any atom is 0.306 e. The van der Waals surface area contributed by atoms with Crippen LogP contribution in [0.3, 0.4) is 0 Å². The molecule has 1 aromatic carbocycles. The number of aliphatic hydroxyl groups is 1. The summed E-state index contributed by atoms with van der Waals surface area (Å²) in [5.41, 5.74) is -1.95. The summed E-state index contributed by atoms with van der Waals surface area (Å²) in [6.07, 6.45) is -0.542. The lowest BCUT2D eigenvalue weighted by atomic mass is 10.0. The molecule has 5 N–H and O–H groups in total. The maximum absolute atomic E-state index is 11.7. The second-order valence-corrected chi connectivity index (χ2v) is 4.42. The van der Waals surface area contributed by atoms with E-state index in [9.17, 15) is 24.9 Å². The first kappa shape index (κ1) is 14.8. The van der Waals surface area contributed by atoms with Gasteiger partial charge in [0, 0.05) is 6.54 Å². The maximum atomic E-state index is 11.7. The third-order valence-corrected chi connectivity index (χ3v) is 2.41. The van der Waals surface area contributed by atoms with Gasteiger partial charge in [-0.15, -0.1) is 0 Å². The summed E-state index contributed by atoms with van der Waals surface area (Å²) in [6, 6.07) is 3.82. The van der Waals surface area contributed by atoms with Crippen LogP contribution in [0.5, 0.6) is 11.5 Å². The Hall–Kier alpha value is -2.28. The normalized spacial score (nSPS) is 13.6. The van der Waals surface area contributed by atoms with Crippen LogP contribution in [0.15, 0.2) is 18.2 Å². The van der Waals surface area contributed by atoms with Crippen molar-refractivity contribution in [2.24, 2.45) is 0 Å². The summed E-state index contributed by atoms with van der Waals surface area (Å²) in [7, 11) is 0. The number of carbonyl (C=O) groups excluding carboxylic acids is 1. The second kappa shape index (κ2) is 5.57. The highest BCUT2D eigenvalue weighted by Crippen LogP contribution is 2.25. The van der Waals surface area contributed by atoms with Crippen LogP contribution < -0.4 is 5.32 Å². The molecular formula is C12H15NO6. The Morgan fingerprint density at radius 2 is 1.79 bits per heavy atom. The zero-order chi connectivity index (χ0) is 14.6. The zero-order valence-corrected chi connectivity index (χ0v) is 10.3. The number of aliphatic carboxylic acids is 1. The molecule has 0 fully saturated rings. The molecule has 0 aliphatic rings. The highest BCUT2D eigenvalue weighted by molar-refractivity contribution is 5.99. The predicted octanol–water partition coefficient (Wildman–Crippen LogP) is 0.0533. The molecule has 1 rings (SSSR count). The molecular weight excluding hydrogens is 254 g/mol. The summed E-state index contributed by atoms with van der Waals surface area (Å²) in [5.74, 6) is -2.82. The van der Waals surface area contributed by atoms with Crippen molar-refractivity contribution in [1.82, 2.24) is 5.32 Å². The Morgan fingerprint density at radius 3 is 2.26 bits per heavy atom. The van der Waals surface area contributed by atoms with Crippen LogP contribution in [0, 0.1) is 0 Å². The number of carbonyl (C=O) groups is 2. The summed E-state index contributed by atoms with van der Waals surface area (Å²) < 4.78 is 0. The van der Waals surface area contributed by atoms with Crippen molar-refractivity contribution in [3.05, 3.63) is 23.8 Å². The summed E-state index contributed by atoms with van der Waals surface area (Å²) in [6.45, 7) is 0.929. The Labute approximate surface area is 109 Å². The van der Waals surface area contributed by atoms with Crippen LogP contribution in [0.1, 0.15) is 23.7 Å². The highest BCUT2D eigenvalue weighted by Gasteiger charge is 2.26. The Kier molecular flexibility index (Phi) is 4.34. The quantitative estimate of drug-likeness (QED) is 0.514. The molecule has 104 valence electrons. The molecule has 0 heterocycles. The van der Waals surface area contributed by atoms with Gasteiger partial charge in [-0.3, -0.25) is 9.59 Å². The topological polar surface area (TPSA) is 127 Å². The van der Waals surface area contributed by atoms with Crippen molar-refractivity contribution in [3.8, 4) is 11.5 Å². The molecule has 1 unspecified atom stereocenters. The molecule has 0 saturated heterocycles. The van der Waals surface area contributed by atoms with E-state index in [1.54, 1.807) is 0 Å². The molecule has 0 aliphatic carbocycles. The van der Waals surface area contributed by atoms with E-state index in [2.05, 4.69) is 5.32 Å². The molecule has 0 spiro atoms. The fraction of sp³-hybridized carbons (Fsp3) is 0.333. The monoisotopic (exact) mass is 269 g/mol. The van der Waals surface area contributed by atoms with Gasteiger partial charge in [0.15, 0.2) is 0 Å². The molecule has 0 aliphatic heterocycles. The van der Waals surface area contributed by atoms with Gasteiger partial charge >= 0.3 is 5.97 Å². The van der Waals surface area contributed by atoms with Gasteiger partial charge in [-0.05, 0) is 19.1 Å². The number of phenols is 2. The highest BCUT2D eigenvalue weighted by atomic mass is 16.4. The smallest absolute Gasteiger partial charge is 0.306 e. The number of carboxylic acid groups (broad SMARTS) is 1. The van der Waals surface area contributed by atoms with Gasteiger partial charge in [-0.25, -0.2) is 0 Å². The SMILES string of the molecule is CC(O)(CNC(=O)c1c(O)cccc1O)CC(=O)O. The minimum Gasteiger partial charge on any atom is -0.507 e. The van der Waals surface area contributed by atoms with Gasteiger partial charge in [0.1, 0.15) is 17.1 Å². The number of nitrogens with one attached hydrogen (secondary N) is 1. The lowest BCUT2D eigenvalue weighted by molar-refractivity contribution is -0.141. The van der Waals surface area contributed by atoms with Crippen LogP contribution >= 0.6 is 0 Å². The van der Waals surface area contributed by atoms with Crippen molar-refractivity contribution in [1.29, 1.82) is 0 Å². The van der Waals surface area contributed by atoms with Crippen molar-refractivity contribution in [2.45, 2.75) is 18.9 Å². The van der Waals surface area contributed by atoms with E-state index in [0.29, 0.717) is 0 Å². The van der Waals surface area contributed by atoms with E-state index >= 15 is 0 Å². The first-order valence-corrected chi connectivity index (χ1v) is 5.46. The molecule has 0 saturated carbocycles. The van der Waals surface area contributed by atoms with Gasteiger partial charge in [-0.2, -0.15) is 0 Å². The number of hydrogen-bond acceptors (Lipinski definition) is 5. The predicted molar refractivity (Wildman–Crippen MR) is 65.0 cm³/mol. The van der Waals surface area contributed by atoms with Crippen molar-refractivity contribution < 1.29 is 30.0 Å². The van der Waals surface area contributed by atoms with Gasteiger partial charge in [0.2, 0.25) is 0 Å². The third-order valence-electron chi connectivity index (χ3n) is 2.41. The van der Waals surface area contributed by atoms with Crippen LogP contribution in [0.4, 0.5) is 0 Å². The molecule has 19 heavy (non-hydrogen) atoms. The Bertz CT molecular complexity index is 477. The number of rotatable bonds is 5. The van der Waals surface area contributed by atoms with Crippen LogP contribution in [-0.2, 0) is 4.79 Å². The fourth-order valence-corrected chi connectivity index (χ4v) is 1.51. The molecule has 0 bridgehead atoms. The van der Waals surface area contributed by atoms with E-state index in [0.717, 1.165) is 0 Å². The largest absolute Gasteiger partial charge is 0.507 e. The van der Waals surface area contributed by atoms with Gasteiger partial charge in [0.05, 0.1) is 12.0 Å². The number of phenolic OH excluding ortho intramolecular Hbond substituents is 2. The molecule has 0 aromatic heterocycles. The third kappa shape index (κ3) is 4.14. The van der Waals surface area contributed by atoms with Crippen LogP contribution in [-0.4, -0.2) is 44.4 Å². The molecule has 1 aromatic rings. The average molecular weight is 269 g/mol. The summed E-state index contributed by atoms with van der Waals surface area (Å²) in [5, 5.41) is 39.4. The van der Waals surface area contributed by atoms with Crippen molar-refractivity contribution in [3.63, 3.8) is 0 Å². The molecule has 7 nitrogen and oxygen atoms in total.